The van der Waals surface area contributed by atoms with Crippen molar-refractivity contribution in [3.63, 3.8) is 0 Å². The van der Waals surface area contributed by atoms with E-state index in [0.29, 0.717) is 5.39 Å². The van der Waals surface area contributed by atoms with Crippen LogP contribution in [0.25, 0.3) is 27.2 Å². The van der Waals surface area contributed by atoms with Crippen LogP contribution in [-0.2, 0) is 0 Å². The first-order chi connectivity index (χ1) is 9.75. The average molecular weight is 260 g/mol. The van der Waals surface area contributed by atoms with Crippen LogP contribution in [0.3, 0.4) is 0 Å². The minimum atomic E-state index is -0.00569. The van der Waals surface area contributed by atoms with Crippen molar-refractivity contribution in [3.05, 3.63) is 70.8 Å². The van der Waals surface area contributed by atoms with E-state index in [1.165, 1.54) is 0 Å². The SMILES string of the molecule is Cc1nc2ccccc2c2cc3ccccn3c(=O)c12. The second-order valence-corrected chi connectivity index (χ2v) is 4.95. The number of aryl methyl sites for hydroxylation is 1. The number of aromatic nitrogens is 2. The van der Waals surface area contributed by atoms with Gasteiger partial charge < -0.3 is 0 Å². The molecule has 0 atom stereocenters. The predicted octanol–water partition coefficient (Wildman–Crippen LogP) is 3.31. The van der Waals surface area contributed by atoms with Crippen LogP contribution < -0.4 is 5.56 Å². The van der Waals surface area contributed by atoms with Gasteiger partial charge in [0, 0.05) is 22.5 Å². The smallest absolute Gasteiger partial charge is 0.264 e. The third kappa shape index (κ3) is 1.40. The molecular formula is C17H12N2O. The second kappa shape index (κ2) is 3.90. The van der Waals surface area contributed by atoms with E-state index in [0.717, 1.165) is 27.5 Å². The van der Waals surface area contributed by atoms with Gasteiger partial charge in [0.1, 0.15) is 0 Å². The Kier molecular flexibility index (Phi) is 2.18. The molecule has 3 aromatic heterocycles. The summed E-state index contributed by atoms with van der Waals surface area (Å²) in [6.45, 7) is 1.89. The maximum absolute atomic E-state index is 12.7. The van der Waals surface area contributed by atoms with Crippen molar-refractivity contribution in [3.8, 4) is 0 Å². The molecule has 0 aliphatic carbocycles. The van der Waals surface area contributed by atoms with Crippen molar-refractivity contribution in [2.75, 3.05) is 0 Å². The van der Waals surface area contributed by atoms with Crippen molar-refractivity contribution < 1.29 is 0 Å². The molecule has 0 unspecified atom stereocenters. The molecule has 0 radical (unpaired) electrons. The van der Waals surface area contributed by atoms with Gasteiger partial charge in [-0.3, -0.25) is 14.2 Å². The topological polar surface area (TPSA) is 34.4 Å². The molecule has 3 heterocycles. The lowest BCUT2D eigenvalue weighted by molar-refractivity contribution is 1.11. The van der Waals surface area contributed by atoms with Crippen LogP contribution in [0.15, 0.2) is 59.5 Å². The molecule has 0 aliphatic heterocycles. The van der Waals surface area contributed by atoms with Crippen LogP contribution in [0.5, 0.6) is 0 Å². The van der Waals surface area contributed by atoms with E-state index >= 15 is 0 Å². The molecule has 20 heavy (non-hydrogen) atoms. The van der Waals surface area contributed by atoms with Crippen LogP contribution >= 0.6 is 0 Å². The largest absolute Gasteiger partial charge is 0.284 e. The zero-order valence-corrected chi connectivity index (χ0v) is 11.0. The van der Waals surface area contributed by atoms with Gasteiger partial charge in [-0.05, 0) is 31.2 Å². The first-order valence-electron chi connectivity index (χ1n) is 6.55. The second-order valence-electron chi connectivity index (χ2n) is 4.95. The number of benzene rings is 1. The van der Waals surface area contributed by atoms with E-state index in [1.54, 1.807) is 10.6 Å². The third-order valence-electron chi connectivity index (χ3n) is 3.73. The quantitative estimate of drug-likeness (QED) is 0.359. The summed E-state index contributed by atoms with van der Waals surface area (Å²) in [6, 6.07) is 15.8. The molecule has 0 bridgehead atoms. The third-order valence-corrected chi connectivity index (χ3v) is 3.73. The molecule has 1 aromatic carbocycles. The van der Waals surface area contributed by atoms with Gasteiger partial charge in [0.2, 0.25) is 0 Å². The maximum Gasteiger partial charge on any atom is 0.264 e. The van der Waals surface area contributed by atoms with Gasteiger partial charge in [-0.25, -0.2) is 0 Å². The molecule has 0 saturated heterocycles. The summed E-state index contributed by atoms with van der Waals surface area (Å²) in [6.07, 6.45) is 1.80. The highest BCUT2D eigenvalue weighted by molar-refractivity contribution is 6.07. The summed E-state index contributed by atoms with van der Waals surface area (Å²) < 4.78 is 1.67. The van der Waals surface area contributed by atoms with Gasteiger partial charge in [-0.1, -0.05) is 24.3 Å². The fraction of sp³-hybridized carbons (Fsp3) is 0.0588. The standard InChI is InChI=1S/C17H12N2O/c1-11-16-14(13-7-2-3-8-15(13)18-11)10-12-6-4-5-9-19(12)17(16)20/h2-10H,1H3. The Balaban J connectivity index is 2.39. The van der Waals surface area contributed by atoms with Gasteiger partial charge in [-0.2, -0.15) is 0 Å². The number of hydrogen-bond donors (Lipinski definition) is 0. The summed E-state index contributed by atoms with van der Waals surface area (Å²) >= 11 is 0. The Morgan fingerprint density at radius 2 is 1.80 bits per heavy atom. The molecular weight excluding hydrogens is 248 g/mol. The van der Waals surface area contributed by atoms with E-state index < -0.39 is 0 Å². The number of rotatable bonds is 0. The number of hydrogen-bond acceptors (Lipinski definition) is 2. The molecule has 3 nitrogen and oxygen atoms in total. The molecule has 0 fully saturated rings. The van der Waals surface area contributed by atoms with Gasteiger partial charge in [0.05, 0.1) is 16.6 Å². The summed E-state index contributed by atoms with van der Waals surface area (Å²) in [4.78, 5) is 17.2. The number of pyridine rings is 3. The summed E-state index contributed by atoms with van der Waals surface area (Å²) in [5.41, 5.74) is 2.61. The van der Waals surface area contributed by atoms with E-state index in [9.17, 15) is 4.79 Å². The summed E-state index contributed by atoms with van der Waals surface area (Å²) in [5, 5.41) is 2.70. The van der Waals surface area contributed by atoms with E-state index in [-0.39, 0.29) is 5.56 Å². The first-order valence-corrected chi connectivity index (χ1v) is 6.55. The maximum atomic E-state index is 12.7. The molecule has 0 amide bonds. The molecule has 0 saturated carbocycles. The average Bonchev–Trinajstić information content (AvgIpc) is 2.47. The zero-order chi connectivity index (χ0) is 13.7. The lowest BCUT2D eigenvalue weighted by atomic mass is 10.1. The molecule has 4 rings (SSSR count). The number of nitrogens with zero attached hydrogens (tertiary/aromatic N) is 2. The van der Waals surface area contributed by atoms with Crippen molar-refractivity contribution >= 4 is 27.2 Å². The molecule has 0 spiro atoms. The van der Waals surface area contributed by atoms with Gasteiger partial charge in [-0.15, -0.1) is 0 Å². The predicted molar refractivity (Wildman–Crippen MR) is 81.2 cm³/mol. The summed E-state index contributed by atoms with van der Waals surface area (Å²) in [7, 11) is 0. The summed E-state index contributed by atoms with van der Waals surface area (Å²) in [5.74, 6) is 0. The van der Waals surface area contributed by atoms with Crippen molar-refractivity contribution in [1.29, 1.82) is 0 Å². The monoisotopic (exact) mass is 260 g/mol. The van der Waals surface area contributed by atoms with Crippen molar-refractivity contribution in [2.45, 2.75) is 6.92 Å². The highest BCUT2D eigenvalue weighted by Crippen LogP contribution is 2.24. The molecule has 3 heteroatoms. The zero-order valence-electron chi connectivity index (χ0n) is 11.0. The van der Waals surface area contributed by atoms with Crippen LogP contribution in [0, 0.1) is 6.92 Å². The van der Waals surface area contributed by atoms with Crippen LogP contribution in [0.2, 0.25) is 0 Å². The molecule has 96 valence electrons. The van der Waals surface area contributed by atoms with Gasteiger partial charge in [0.25, 0.3) is 5.56 Å². The lowest BCUT2D eigenvalue weighted by Gasteiger charge is -2.08. The van der Waals surface area contributed by atoms with Crippen LogP contribution in [0.1, 0.15) is 5.69 Å². The first kappa shape index (κ1) is 11.2. The van der Waals surface area contributed by atoms with E-state index in [2.05, 4.69) is 11.1 Å². The fourth-order valence-corrected chi connectivity index (χ4v) is 2.81. The fourth-order valence-electron chi connectivity index (χ4n) is 2.81. The Morgan fingerprint density at radius 1 is 1.00 bits per heavy atom. The molecule has 0 aliphatic rings. The Morgan fingerprint density at radius 3 is 2.70 bits per heavy atom. The normalized spacial score (nSPS) is 11.4. The van der Waals surface area contributed by atoms with Gasteiger partial charge in [0.15, 0.2) is 0 Å². The van der Waals surface area contributed by atoms with E-state index in [1.807, 2.05) is 49.4 Å². The Bertz CT molecular complexity index is 1030. The number of para-hydroxylation sites is 1. The minimum Gasteiger partial charge on any atom is -0.284 e. The van der Waals surface area contributed by atoms with Crippen molar-refractivity contribution in [2.24, 2.45) is 0 Å². The Labute approximate surface area is 115 Å². The van der Waals surface area contributed by atoms with E-state index in [4.69, 9.17) is 0 Å². The van der Waals surface area contributed by atoms with Crippen LogP contribution in [0.4, 0.5) is 0 Å². The lowest BCUT2D eigenvalue weighted by Crippen LogP contribution is -2.14. The van der Waals surface area contributed by atoms with Crippen molar-refractivity contribution in [1.82, 2.24) is 9.38 Å². The van der Waals surface area contributed by atoms with Gasteiger partial charge >= 0.3 is 0 Å². The molecule has 4 aromatic rings. The minimum absolute atomic E-state index is 0.00569. The van der Waals surface area contributed by atoms with Crippen LogP contribution in [-0.4, -0.2) is 9.38 Å². The highest BCUT2D eigenvalue weighted by Gasteiger charge is 2.10. The Hall–Kier alpha value is -2.68. The molecule has 0 N–H and O–H groups in total. The highest BCUT2D eigenvalue weighted by atomic mass is 16.1. The number of fused-ring (bicyclic) bond motifs is 4.